The lowest BCUT2D eigenvalue weighted by Gasteiger charge is -2.40. The first-order valence-corrected chi connectivity index (χ1v) is 11.4. The number of hydrogen-bond acceptors (Lipinski definition) is 8. The first-order chi connectivity index (χ1) is 15.1. The predicted octanol–water partition coefficient (Wildman–Crippen LogP) is 2.13. The number of methoxy groups -OCH3 is 1. The Kier molecular flexibility index (Phi) is 9.37. The van der Waals surface area contributed by atoms with Gasteiger partial charge in [-0.15, -0.1) is 11.8 Å². The summed E-state index contributed by atoms with van der Waals surface area (Å²) in [5, 5.41) is 2.55. The molecule has 1 N–H and O–H groups in total. The van der Waals surface area contributed by atoms with Gasteiger partial charge >= 0.3 is 18.0 Å². The van der Waals surface area contributed by atoms with Crippen molar-refractivity contribution in [2.75, 3.05) is 25.2 Å². The molecule has 0 bridgehead atoms. The molecule has 2 unspecified atom stereocenters. The number of thioether (sulfide) groups is 1. The Morgan fingerprint density at radius 3 is 2.44 bits per heavy atom. The minimum absolute atomic E-state index is 0.0266. The number of ether oxygens (including phenoxy) is 3. The predicted molar refractivity (Wildman–Crippen MR) is 119 cm³/mol. The van der Waals surface area contributed by atoms with Crippen molar-refractivity contribution >= 4 is 35.7 Å². The van der Waals surface area contributed by atoms with Crippen LogP contribution >= 0.6 is 11.8 Å². The minimum Gasteiger partial charge on any atom is -0.468 e. The number of hydrogen-bond donors (Lipinski definition) is 1. The highest BCUT2D eigenvalue weighted by Gasteiger charge is 2.42. The zero-order valence-electron chi connectivity index (χ0n) is 18.8. The summed E-state index contributed by atoms with van der Waals surface area (Å²) in [5.74, 6) is -1.22. The van der Waals surface area contributed by atoms with Gasteiger partial charge in [0, 0.05) is 12.3 Å². The van der Waals surface area contributed by atoms with Crippen LogP contribution in [-0.4, -0.2) is 71.7 Å². The first-order valence-electron chi connectivity index (χ1n) is 10.3. The smallest absolute Gasteiger partial charge is 0.408 e. The van der Waals surface area contributed by atoms with Crippen LogP contribution in [0.2, 0.25) is 0 Å². The number of carbonyl (C=O) groups is 4. The molecule has 1 aromatic rings. The van der Waals surface area contributed by atoms with E-state index in [0.717, 1.165) is 17.3 Å². The van der Waals surface area contributed by atoms with Crippen LogP contribution in [0.15, 0.2) is 30.3 Å². The van der Waals surface area contributed by atoms with Crippen molar-refractivity contribution in [1.29, 1.82) is 0 Å². The Balaban J connectivity index is 1.98. The van der Waals surface area contributed by atoms with Crippen LogP contribution in [0.5, 0.6) is 0 Å². The van der Waals surface area contributed by atoms with Gasteiger partial charge in [0.1, 0.15) is 24.3 Å². The molecule has 10 heteroatoms. The quantitative estimate of drug-likeness (QED) is 0.435. The summed E-state index contributed by atoms with van der Waals surface area (Å²) >= 11 is 1.14. The van der Waals surface area contributed by atoms with Gasteiger partial charge in [-0.1, -0.05) is 30.3 Å². The van der Waals surface area contributed by atoms with Gasteiger partial charge in [0.2, 0.25) is 5.91 Å². The van der Waals surface area contributed by atoms with E-state index in [1.54, 1.807) is 20.8 Å². The molecular weight excluding hydrogens is 436 g/mol. The summed E-state index contributed by atoms with van der Waals surface area (Å²) in [6, 6.07) is 7.58. The van der Waals surface area contributed by atoms with Crippen LogP contribution in [0.4, 0.5) is 4.79 Å². The molecule has 32 heavy (non-hydrogen) atoms. The average molecular weight is 467 g/mol. The van der Waals surface area contributed by atoms with Gasteiger partial charge in [0.15, 0.2) is 0 Å². The summed E-state index contributed by atoms with van der Waals surface area (Å²) < 4.78 is 15.2. The van der Waals surface area contributed by atoms with Gasteiger partial charge in [-0.2, -0.15) is 0 Å². The molecule has 176 valence electrons. The average Bonchev–Trinajstić information content (AvgIpc) is 2.69. The van der Waals surface area contributed by atoms with Gasteiger partial charge in [-0.25, -0.2) is 9.59 Å². The van der Waals surface area contributed by atoms with Crippen molar-refractivity contribution in [3.63, 3.8) is 0 Å². The molecule has 0 aliphatic carbocycles. The molecule has 1 aliphatic heterocycles. The number of amides is 2. The Bertz CT molecular complexity index is 810. The van der Waals surface area contributed by atoms with Crippen LogP contribution in [0.25, 0.3) is 0 Å². The first kappa shape index (κ1) is 25.5. The molecule has 0 spiro atoms. The summed E-state index contributed by atoms with van der Waals surface area (Å²) in [6.45, 7) is 5.63. The summed E-state index contributed by atoms with van der Waals surface area (Å²) in [7, 11) is 1.27. The molecule has 9 nitrogen and oxygen atoms in total. The lowest BCUT2D eigenvalue weighted by Crippen LogP contribution is -2.61. The van der Waals surface area contributed by atoms with Crippen molar-refractivity contribution < 1.29 is 33.4 Å². The lowest BCUT2D eigenvalue weighted by molar-refractivity contribution is -0.163. The molecule has 2 atom stereocenters. The van der Waals surface area contributed by atoms with Crippen LogP contribution in [-0.2, 0) is 35.2 Å². The van der Waals surface area contributed by atoms with Gasteiger partial charge < -0.3 is 24.4 Å². The van der Waals surface area contributed by atoms with Gasteiger partial charge in [-0.3, -0.25) is 9.59 Å². The molecule has 1 heterocycles. The highest BCUT2D eigenvalue weighted by molar-refractivity contribution is 8.00. The third-order valence-electron chi connectivity index (χ3n) is 4.52. The number of carbonyl (C=O) groups excluding carboxylic acids is 4. The van der Waals surface area contributed by atoms with E-state index in [2.05, 4.69) is 10.1 Å². The Morgan fingerprint density at radius 1 is 1.19 bits per heavy atom. The molecule has 2 rings (SSSR count). The molecule has 1 fully saturated rings. The van der Waals surface area contributed by atoms with Crippen LogP contribution in [0, 0.1) is 0 Å². The molecule has 0 aromatic heterocycles. The number of likely N-dealkylation sites (tertiary alicyclic amines) is 1. The molecule has 1 aliphatic rings. The third-order valence-corrected chi connectivity index (χ3v) is 5.53. The van der Waals surface area contributed by atoms with E-state index in [1.165, 1.54) is 12.0 Å². The van der Waals surface area contributed by atoms with Crippen molar-refractivity contribution in [3.05, 3.63) is 35.9 Å². The van der Waals surface area contributed by atoms with Crippen molar-refractivity contribution in [2.24, 2.45) is 0 Å². The second-order valence-electron chi connectivity index (χ2n) is 8.22. The number of esters is 2. The third kappa shape index (κ3) is 8.07. The fourth-order valence-corrected chi connectivity index (χ4v) is 3.73. The topological polar surface area (TPSA) is 111 Å². The van der Waals surface area contributed by atoms with E-state index in [-0.39, 0.29) is 18.1 Å². The van der Waals surface area contributed by atoms with Gasteiger partial charge in [0.25, 0.3) is 0 Å². The minimum atomic E-state index is -0.968. The Hall–Kier alpha value is -2.75. The Labute approximate surface area is 192 Å². The Morgan fingerprint density at radius 2 is 1.88 bits per heavy atom. The normalized spacial score (nSPS) is 16.4. The highest BCUT2D eigenvalue weighted by Crippen LogP contribution is 2.22. The van der Waals surface area contributed by atoms with E-state index in [4.69, 9.17) is 9.47 Å². The fraction of sp³-hybridized carbons (Fsp3) is 0.545. The number of nitrogens with one attached hydrogen (secondary N) is 1. The number of nitrogens with zero attached hydrogens (tertiary/aromatic N) is 1. The zero-order chi connectivity index (χ0) is 23.7. The largest absolute Gasteiger partial charge is 0.468 e. The van der Waals surface area contributed by atoms with Crippen LogP contribution < -0.4 is 5.32 Å². The van der Waals surface area contributed by atoms with Crippen molar-refractivity contribution in [1.82, 2.24) is 10.2 Å². The second kappa shape index (κ2) is 11.8. The molecule has 1 saturated heterocycles. The highest BCUT2D eigenvalue weighted by atomic mass is 32.2. The van der Waals surface area contributed by atoms with E-state index in [1.807, 2.05) is 30.3 Å². The van der Waals surface area contributed by atoms with Crippen LogP contribution in [0.1, 0.15) is 32.8 Å². The molecule has 1 aromatic carbocycles. The SMILES string of the molecule is COC(=O)CSCC(NC(=O)OC(C)(C)C)C(=O)N1CCC1C(=O)OCc1ccccc1. The second-order valence-corrected chi connectivity index (χ2v) is 9.25. The standard InChI is InChI=1S/C22H30N2O7S/c1-22(2,3)31-21(28)23-16(13-32-14-18(25)29-4)19(26)24-11-10-17(24)20(27)30-12-15-8-6-5-7-9-15/h5-9,16-17H,10-14H2,1-4H3,(H,23,28). The molecule has 0 radical (unpaired) electrons. The molecular formula is C22H30N2O7S. The number of benzene rings is 1. The summed E-state index contributed by atoms with van der Waals surface area (Å²) in [4.78, 5) is 50.6. The maximum Gasteiger partial charge on any atom is 0.408 e. The lowest BCUT2D eigenvalue weighted by atomic mass is 10.0. The summed E-state index contributed by atoms with van der Waals surface area (Å²) in [6.07, 6.45) is -0.272. The number of alkyl carbamates (subject to hydrolysis) is 1. The van der Waals surface area contributed by atoms with Crippen molar-refractivity contribution in [2.45, 2.75) is 51.5 Å². The van der Waals surface area contributed by atoms with E-state index >= 15 is 0 Å². The zero-order valence-corrected chi connectivity index (χ0v) is 19.6. The monoisotopic (exact) mass is 466 g/mol. The fourth-order valence-electron chi connectivity index (χ4n) is 2.86. The number of rotatable bonds is 9. The van der Waals surface area contributed by atoms with E-state index < -0.39 is 41.6 Å². The maximum atomic E-state index is 13.1. The molecule has 0 saturated carbocycles. The van der Waals surface area contributed by atoms with Gasteiger partial charge in [-0.05, 0) is 32.8 Å². The van der Waals surface area contributed by atoms with Gasteiger partial charge in [0.05, 0.1) is 12.9 Å². The van der Waals surface area contributed by atoms with E-state index in [0.29, 0.717) is 13.0 Å². The van der Waals surface area contributed by atoms with E-state index in [9.17, 15) is 19.2 Å². The summed E-state index contributed by atoms with van der Waals surface area (Å²) in [5.41, 5.74) is 0.110. The van der Waals surface area contributed by atoms with Crippen molar-refractivity contribution in [3.8, 4) is 0 Å². The maximum absolute atomic E-state index is 13.1. The molecule has 2 amide bonds. The van der Waals surface area contributed by atoms with Crippen LogP contribution in [0.3, 0.4) is 0 Å².